The number of hydrogen-bond donors (Lipinski definition) is 1. The van der Waals surface area contributed by atoms with Crippen molar-refractivity contribution in [2.45, 2.75) is 0 Å². The lowest BCUT2D eigenvalue weighted by molar-refractivity contribution is 1.23. The Morgan fingerprint density at radius 2 is 1.65 bits per heavy atom. The molecule has 0 saturated heterocycles. The number of anilines is 1. The molecule has 0 radical (unpaired) electrons. The van der Waals surface area contributed by atoms with Gasteiger partial charge in [-0.2, -0.15) is 0 Å². The molecule has 2 aromatic carbocycles. The summed E-state index contributed by atoms with van der Waals surface area (Å²) in [5.41, 5.74) is 9.01. The zero-order valence-corrected chi connectivity index (χ0v) is 9.17. The Morgan fingerprint density at radius 1 is 0.824 bits per heavy atom. The quantitative estimate of drug-likeness (QED) is 0.687. The highest BCUT2D eigenvalue weighted by Crippen LogP contribution is 2.25. The highest BCUT2D eigenvalue weighted by atomic mass is 14.9. The molecule has 0 aliphatic rings. The van der Waals surface area contributed by atoms with Gasteiger partial charge < -0.3 is 5.73 Å². The van der Waals surface area contributed by atoms with Gasteiger partial charge in [-0.25, -0.2) is 9.97 Å². The zero-order valence-electron chi connectivity index (χ0n) is 9.17. The Labute approximate surface area is 98.9 Å². The number of fused-ring (bicyclic) bond motifs is 1. The minimum Gasteiger partial charge on any atom is -0.383 e. The third-order valence-corrected chi connectivity index (χ3v) is 2.77. The summed E-state index contributed by atoms with van der Waals surface area (Å²) in [4.78, 5) is 8.19. The molecular weight excluding hydrogens is 210 g/mol. The lowest BCUT2D eigenvalue weighted by Gasteiger charge is -2.04. The molecule has 3 nitrogen and oxygen atoms in total. The van der Waals surface area contributed by atoms with Crippen molar-refractivity contribution >= 4 is 16.7 Å². The smallest absolute Gasteiger partial charge is 0.134 e. The molecule has 0 saturated carbocycles. The standard InChI is InChI=1S/C14H11N3/c15-14-12-8-11(10-4-2-1-3-5-10)6-7-13(12)16-9-17-14/h1-9H,(H2,15,16,17). The van der Waals surface area contributed by atoms with Crippen LogP contribution in [0.1, 0.15) is 0 Å². The predicted octanol–water partition coefficient (Wildman–Crippen LogP) is 2.88. The van der Waals surface area contributed by atoms with E-state index in [1.54, 1.807) is 0 Å². The first-order valence-electron chi connectivity index (χ1n) is 5.40. The van der Waals surface area contributed by atoms with Crippen LogP contribution >= 0.6 is 0 Å². The summed E-state index contributed by atoms with van der Waals surface area (Å²) in [6.45, 7) is 0. The van der Waals surface area contributed by atoms with Crippen LogP contribution in [0.25, 0.3) is 22.0 Å². The van der Waals surface area contributed by atoms with Gasteiger partial charge in [-0.05, 0) is 23.3 Å². The van der Waals surface area contributed by atoms with Gasteiger partial charge in [0.15, 0.2) is 0 Å². The largest absolute Gasteiger partial charge is 0.383 e. The molecule has 3 rings (SSSR count). The van der Waals surface area contributed by atoms with E-state index in [9.17, 15) is 0 Å². The van der Waals surface area contributed by atoms with Crippen LogP contribution in [0.3, 0.4) is 0 Å². The van der Waals surface area contributed by atoms with Gasteiger partial charge in [0.1, 0.15) is 12.1 Å². The Hall–Kier alpha value is -2.42. The summed E-state index contributed by atoms with van der Waals surface area (Å²) >= 11 is 0. The van der Waals surface area contributed by atoms with Gasteiger partial charge in [-0.15, -0.1) is 0 Å². The van der Waals surface area contributed by atoms with Crippen molar-refractivity contribution in [1.29, 1.82) is 0 Å². The van der Waals surface area contributed by atoms with Crippen molar-refractivity contribution < 1.29 is 0 Å². The van der Waals surface area contributed by atoms with E-state index in [4.69, 9.17) is 5.73 Å². The molecule has 1 heterocycles. The summed E-state index contributed by atoms with van der Waals surface area (Å²) < 4.78 is 0. The van der Waals surface area contributed by atoms with Crippen LogP contribution in [0.5, 0.6) is 0 Å². The van der Waals surface area contributed by atoms with E-state index in [1.807, 2.05) is 36.4 Å². The Balaban J connectivity index is 2.23. The monoisotopic (exact) mass is 221 g/mol. The maximum absolute atomic E-state index is 5.85. The second-order valence-corrected chi connectivity index (χ2v) is 3.86. The number of rotatable bonds is 1. The van der Waals surface area contributed by atoms with Crippen molar-refractivity contribution in [2.75, 3.05) is 5.73 Å². The van der Waals surface area contributed by atoms with Gasteiger partial charge in [-0.1, -0.05) is 36.4 Å². The van der Waals surface area contributed by atoms with Crippen LogP contribution < -0.4 is 5.73 Å². The van der Waals surface area contributed by atoms with E-state index in [-0.39, 0.29) is 0 Å². The van der Waals surface area contributed by atoms with Crippen LogP contribution in [0.15, 0.2) is 54.9 Å². The fraction of sp³-hybridized carbons (Fsp3) is 0. The van der Waals surface area contributed by atoms with Gasteiger partial charge in [0.25, 0.3) is 0 Å². The number of nitrogen functional groups attached to an aromatic ring is 1. The van der Waals surface area contributed by atoms with Crippen LogP contribution in [0.4, 0.5) is 5.82 Å². The third kappa shape index (κ3) is 1.72. The van der Waals surface area contributed by atoms with Crippen LogP contribution in [-0.4, -0.2) is 9.97 Å². The van der Waals surface area contributed by atoms with Crippen molar-refractivity contribution in [2.24, 2.45) is 0 Å². The average molecular weight is 221 g/mol. The fourth-order valence-electron chi connectivity index (χ4n) is 1.89. The molecule has 0 bridgehead atoms. The Kier molecular flexibility index (Phi) is 2.22. The lowest BCUT2D eigenvalue weighted by atomic mass is 10.0. The summed E-state index contributed by atoms with van der Waals surface area (Å²) in [6, 6.07) is 16.2. The molecule has 82 valence electrons. The minimum absolute atomic E-state index is 0.521. The molecule has 2 N–H and O–H groups in total. The van der Waals surface area contributed by atoms with E-state index in [0.29, 0.717) is 5.82 Å². The van der Waals surface area contributed by atoms with E-state index in [2.05, 4.69) is 22.1 Å². The molecule has 1 aromatic heterocycles. The zero-order chi connectivity index (χ0) is 11.7. The lowest BCUT2D eigenvalue weighted by Crippen LogP contribution is -1.93. The SMILES string of the molecule is Nc1ncnc2ccc(-c3ccccc3)cc12. The Morgan fingerprint density at radius 3 is 2.47 bits per heavy atom. The van der Waals surface area contributed by atoms with E-state index >= 15 is 0 Å². The topological polar surface area (TPSA) is 51.8 Å². The molecule has 0 spiro atoms. The first-order valence-corrected chi connectivity index (χ1v) is 5.40. The van der Waals surface area contributed by atoms with Crippen molar-refractivity contribution in [3.05, 3.63) is 54.9 Å². The summed E-state index contributed by atoms with van der Waals surface area (Å²) in [6.07, 6.45) is 1.49. The molecule has 3 heteroatoms. The maximum Gasteiger partial charge on any atom is 0.134 e. The normalized spacial score (nSPS) is 10.6. The number of nitrogens with zero attached hydrogens (tertiary/aromatic N) is 2. The second-order valence-electron chi connectivity index (χ2n) is 3.86. The molecule has 0 atom stereocenters. The van der Waals surface area contributed by atoms with Gasteiger partial charge in [0, 0.05) is 5.39 Å². The van der Waals surface area contributed by atoms with E-state index in [1.165, 1.54) is 6.33 Å². The first kappa shape index (κ1) is 9.78. The number of benzene rings is 2. The molecule has 0 fully saturated rings. The molecule has 3 aromatic rings. The molecular formula is C14H11N3. The summed E-state index contributed by atoms with van der Waals surface area (Å²) in [5.74, 6) is 0.521. The second kappa shape index (κ2) is 3.87. The number of aromatic nitrogens is 2. The summed E-state index contributed by atoms with van der Waals surface area (Å²) in [7, 11) is 0. The van der Waals surface area contributed by atoms with Gasteiger partial charge >= 0.3 is 0 Å². The highest BCUT2D eigenvalue weighted by molar-refractivity contribution is 5.91. The summed E-state index contributed by atoms with van der Waals surface area (Å²) in [5, 5.41) is 0.897. The highest BCUT2D eigenvalue weighted by Gasteiger charge is 2.02. The molecule has 0 aliphatic carbocycles. The molecule has 0 aliphatic heterocycles. The number of hydrogen-bond acceptors (Lipinski definition) is 3. The van der Waals surface area contributed by atoms with Crippen LogP contribution in [0.2, 0.25) is 0 Å². The van der Waals surface area contributed by atoms with Crippen molar-refractivity contribution in [1.82, 2.24) is 9.97 Å². The molecule has 17 heavy (non-hydrogen) atoms. The van der Waals surface area contributed by atoms with E-state index < -0.39 is 0 Å². The van der Waals surface area contributed by atoms with Gasteiger partial charge in [-0.3, -0.25) is 0 Å². The van der Waals surface area contributed by atoms with Gasteiger partial charge in [0.05, 0.1) is 5.52 Å². The Bertz CT molecular complexity index is 663. The van der Waals surface area contributed by atoms with Crippen molar-refractivity contribution in [3.63, 3.8) is 0 Å². The predicted molar refractivity (Wildman–Crippen MR) is 69.4 cm³/mol. The third-order valence-electron chi connectivity index (χ3n) is 2.77. The maximum atomic E-state index is 5.85. The molecule has 0 amide bonds. The van der Waals surface area contributed by atoms with Crippen LogP contribution in [-0.2, 0) is 0 Å². The van der Waals surface area contributed by atoms with Gasteiger partial charge in [0.2, 0.25) is 0 Å². The number of nitrogens with two attached hydrogens (primary N) is 1. The van der Waals surface area contributed by atoms with Crippen LogP contribution in [0, 0.1) is 0 Å². The van der Waals surface area contributed by atoms with Crippen molar-refractivity contribution in [3.8, 4) is 11.1 Å². The average Bonchev–Trinajstić information content (AvgIpc) is 2.40. The van der Waals surface area contributed by atoms with E-state index in [0.717, 1.165) is 22.0 Å². The first-order chi connectivity index (χ1) is 8.34. The minimum atomic E-state index is 0.521. The molecule has 0 unspecified atom stereocenters. The fourth-order valence-corrected chi connectivity index (χ4v) is 1.89.